The Kier molecular flexibility index (Phi) is 5.32. The van der Waals surface area contributed by atoms with E-state index in [1.807, 2.05) is 12.1 Å². The van der Waals surface area contributed by atoms with Crippen LogP contribution in [-0.2, 0) is 4.74 Å². The van der Waals surface area contributed by atoms with Gasteiger partial charge in [0.1, 0.15) is 0 Å². The Balaban J connectivity index is 1.70. The Morgan fingerprint density at radius 1 is 1.26 bits per heavy atom. The average Bonchev–Trinajstić information content (AvgIpc) is 3.18. The third kappa shape index (κ3) is 3.54. The second kappa shape index (κ2) is 7.87. The number of anilines is 1. The van der Waals surface area contributed by atoms with Gasteiger partial charge in [-0.05, 0) is 41.7 Å². The number of carbonyl (C=O) groups excluding carboxylic acids is 1. The number of benzene rings is 2. The summed E-state index contributed by atoms with van der Waals surface area (Å²) in [5, 5.41) is 6.64. The zero-order chi connectivity index (χ0) is 18.8. The molecule has 2 N–H and O–H groups in total. The molecule has 0 bridgehead atoms. The monoisotopic (exact) mass is 426 g/mol. The molecule has 1 aliphatic heterocycles. The number of halogens is 1. The molecule has 1 amide bonds. The fourth-order valence-corrected chi connectivity index (χ4v) is 4.44. The van der Waals surface area contributed by atoms with Crippen LogP contribution in [0.25, 0.3) is 0 Å². The van der Waals surface area contributed by atoms with Crippen LogP contribution in [-0.4, -0.2) is 26.2 Å². The van der Waals surface area contributed by atoms with E-state index in [9.17, 15) is 4.79 Å². The second-order valence-electron chi connectivity index (χ2n) is 7.05. The van der Waals surface area contributed by atoms with Gasteiger partial charge in [-0.25, -0.2) is 0 Å². The number of ether oxygens (including phenoxy) is 1. The maximum atomic E-state index is 12.7. The molecular weight excluding hydrogens is 404 g/mol. The lowest BCUT2D eigenvalue weighted by Gasteiger charge is -2.38. The molecule has 5 heteroatoms. The summed E-state index contributed by atoms with van der Waals surface area (Å²) < 4.78 is 6.11. The lowest BCUT2D eigenvalue weighted by molar-refractivity contribution is 0.0937. The fourth-order valence-electron chi connectivity index (χ4n) is 4.17. The van der Waals surface area contributed by atoms with Crippen LogP contribution < -0.4 is 10.6 Å². The van der Waals surface area contributed by atoms with Gasteiger partial charge in [0.2, 0.25) is 0 Å². The van der Waals surface area contributed by atoms with E-state index in [0.717, 1.165) is 16.6 Å². The van der Waals surface area contributed by atoms with Crippen molar-refractivity contribution in [2.45, 2.75) is 18.4 Å². The Morgan fingerprint density at radius 3 is 2.85 bits per heavy atom. The first-order valence-electron chi connectivity index (χ1n) is 9.27. The van der Waals surface area contributed by atoms with Crippen LogP contribution in [0.4, 0.5) is 5.69 Å². The molecule has 1 heterocycles. The minimum absolute atomic E-state index is 0.0635. The summed E-state index contributed by atoms with van der Waals surface area (Å²) in [7, 11) is 1.63. The first-order chi connectivity index (χ1) is 13.2. The van der Waals surface area contributed by atoms with Crippen LogP contribution in [0.2, 0.25) is 0 Å². The highest BCUT2D eigenvalue weighted by molar-refractivity contribution is 9.10. The lowest BCUT2D eigenvalue weighted by atomic mass is 9.76. The molecule has 0 spiro atoms. The second-order valence-corrected chi connectivity index (χ2v) is 7.96. The first kappa shape index (κ1) is 18.3. The molecule has 4 rings (SSSR count). The van der Waals surface area contributed by atoms with E-state index in [-0.39, 0.29) is 11.9 Å². The Morgan fingerprint density at radius 2 is 2.07 bits per heavy atom. The van der Waals surface area contributed by atoms with Gasteiger partial charge in [0.05, 0.1) is 23.9 Å². The highest BCUT2D eigenvalue weighted by Gasteiger charge is 2.39. The predicted molar refractivity (Wildman–Crippen MR) is 111 cm³/mol. The van der Waals surface area contributed by atoms with E-state index >= 15 is 0 Å². The van der Waals surface area contributed by atoms with E-state index < -0.39 is 0 Å². The summed E-state index contributed by atoms with van der Waals surface area (Å²) in [6.45, 7) is 1.00. The van der Waals surface area contributed by atoms with Gasteiger partial charge in [0, 0.05) is 24.0 Å². The molecule has 3 atom stereocenters. The summed E-state index contributed by atoms with van der Waals surface area (Å²) in [4.78, 5) is 12.7. The molecule has 4 nitrogen and oxygen atoms in total. The SMILES string of the molecule is COCCNC(=O)c1cccc2c1NC(c1ccc(Br)cc1)C1CC=CC21. The Bertz CT molecular complexity index is 863. The van der Waals surface area contributed by atoms with E-state index in [1.54, 1.807) is 7.11 Å². The van der Waals surface area contributed by atoms with Crippen molar-refractivity contribution in [2.75, 3.05) is 25.6 Å². The summed E-state index contributed by atoms with van der Waals surface area (Å²) in [5.74, 6) is 0.735. The molecule has 0 saturated heterocycles. The molecule has 0 fully saturated rings. The third-order valence-corrected chi connectivity index (χ3v) is 5.99. The predicted octanol–water partition coefficient (Wildman–Crippen LogP) is 4.65. The van der Waals surface area contributed by atoms with Crippen molar-refractivity contribution in [3.05, 3.63) is 75.8 Å². The molecule has 2 aromatic rings. The number of fused-ring (bicyclic) bond motifs is 3. The molecular formula is C22H23BrN2O2. The standard InChI is InChI=1S/C22H23BrN2O2/c1-27-13-12-24-22(26)19-7-3-6-18-16-4-2-5-17(16)20(25-21(18)19)14-8-10-15(23)11-9-14/h2-4,6-11,16-17,20,25H,5,12-13H2,1H3,(H,24,26). The normalized spacial score (nSPS) is 22.7. The zero-order valence-corrected chi connectivity index (χ0v) is 16.8. The summed E-state index contributed by atoms with van der Waals surface area (Å²) in [6, 6.07) is 14.7. The minimum atomic E-state index is -0.0635. The number of para-hydroxylation sites is 1. The summed E-state index contributed by atoms with van der Waals surface area (Å²) in [5.41, 5.74) is 4.11. The highest BCUT2D eigenvalue weighted by atomic mass is 79.9. The smallest absolute Gasteiger partial charge is 0.253 e. The molecule has 0 radical (unpaired) electrons. The van der Waals surface area contributed by atoms with Crippen LogP contribution >= 0.6 is 15.9 Å². The van der Waals surface area contributed by atoms with Crippen molar-refractivity contribution in [3.63, 3.8) is 0 Å². The van der Waals surface area contributed by atoms with Gasteiger partial charge < -0.3 is 15.4 Å². The van der Waals surface area contributed by atoms with Crippen LogP contribution in [0.3, 0.4) is 0 Å². The van der Waals surface area contributed by atoms with Crippen LogP contribution in [0.15, 0.2) is 59.1 Å². The number of amides is 1. The van der Waals surface area contributed by atoms with E-state index in [1.165, 1.54) is 11.1 Å². The zero-order valence-electron chi connectivity index (χ0n) is 15.2. The molecule has 1 aliphatic carbocycles. The summed E-state index contributed by atoms with van der Waals surface area (Å²) >= 11 is 3.52. The largest absolute Gasteiger partial charge is 0.383 e. The van der Waals surface area contributed by atoms with Crippen molar-refractivity contribution < 1.29 is 9.53 Å². The van der Waals surface area contributed by atoms with Gasteiger partial charge in [-0.1, -0.05) is 52.3 Å². The van der Waals surface area contributed by atoms with Crippen molar-refractivity contribution in [2.24, 2.45) is 5.92 Å². The van der Waals surface area contributed by atoms with Crippen LogP contribution in [0.5, 0.6) is 0 Å². The van der Waals surface area contributed by atoms with Gasteiger partial charge in [0.25, 0.3) is 5.91 Å². The molecule has 0 aromatic heterocycles. The number of hydrogen-bond acceptors (Lipinski definition) is 3. The molecule has 140 valence electrons. The average molecular weight is 427 g/mol. The topological polar surface area (TPSA) is 50.4 Å². The van der Waals surface area contributed by atoms with Crippen molar-refractivity contribution in [1.29, 1.82) is 0 Å². The lowest BCUT2D eigenvalue weighted by Crippen LogP contribution is -2.33. The summed E-state index contributed by atoms with van der Waals surface area (Å²) in [6.07, 6.45) is 5.61. The highest BCUT2D eigenvalue weighted by Crippen LogP contribution is 2.50. The van der Waals surface area contributed by atoms with Gasteiger partial charge >= 0.3 is 0 Å². The number of nitrogens with one attached hydrogen (secondary N) is 2. The minimum Gasteiger partial charge on any atom is -0.383 e. The first-order valence-corrected chi connectivity index (χ1v) is 10.1. The van der Waals surface area contributed by atoms with Crippen LogP contribution in [0, 0.1) is 5.92 Å². The molecule has 0 saturated carbocycles. The van der Waals surface area contributed by atoms with Gasteiger partial charge in [0.15, 0.2) is 0 Å². The van der Waals surface area contributed by atoms with Crippen molar-refractivity contribution >= 4 is 27.5 Å². The maximum Gasteiger partial charge on any atom is 0.253 e. The Hall–Kier alpha value is -2.11. The van der Waals surface area contributed by atoms with E-state index in [2.05, 4.69) is 69.0 Å². The van der Waals surface area contributed by atoms with Gasteiger partial charge in [-0.3, -0.25) is 4.79 Å². The van der Waals surface area contributed by atoms with Crippen molar-refractivity contribution in [1.82, 2.24) is 5.32 Å². The van der Waals surface area contributed by atoms with Crippen LogP contribution in [0.1, 0.15) is 39.9 Å². The van der Waals surface area contributed by atoms with Gasteiger partial charge in [-0.2, -0.15) is 0 Å². The third-order valence-electron chi connectivity index (χ3n) is 5.46. The molecule has 2 aliphatic rings. The number of rotatable bonds is 5. The van der Waals surface area contributed by atoms with Crippen molar-refractivity contribution in [3.8, 4) is 0 Å². The molecule has 2 aromatic carbocycles. The molecule has 27 heavy (non-hydrogen) atoms. The van der Waals surface area contributed by atoms with Gasteiger partial charge in [-0.15, -0.1) is 0 Å². The quantitative estimate of drug-likeness (QED) is 0.540. The van der Waals surface area contributed by atoms with E-state index in [4.69, 9.17) is 4.74 Å². The number of carbonyl (C=O) groups is 1. The maximum absolute atomic E-state index is 12.7. The number of allylic oxidation sites excluding steroid dienone is 2. The molecule has 3 unspecified atom stereocenters. The fraction of sp³-hybridized carbons (Fsp3) is 0.318. The number of hydrogen-bond donors (Lipinski definition) is 2. The number of methoxy groups -OCH3 is 1. The Labute approximate surface area is 168 Å². The van der Waals surface area contributed by atoms with E-state index in [0.29, 0.717) is 30.6 Å².